The number of carbonyl (C=O) groups excluding carboxylic acids is 1. The van der Waals surface area contributed by atoms with Crippen LogP contribution in [-0.2, 0) is 18.7 Å². The van der Waals surface area contributed by atoms with Crippen molar-refractivity contribution in [1.29, 1.82) is 0 Å². The second-order valence-corrected chi connectivity index (χ2v) is 9.47. The Kier molecular flexibility index (Phi) is 11.9. The van der Waals surface area contributed by atoms with E-state index in [9.17, 15) is 24.2 Å². The lowest BCUT2D eigenvalue weighted by atomic mass is 10.1. The molecule has 0 spiro atoms. The number of likely N-dealkylation sites (tertiary alicyclic amines) is 1. The second kappa shape index (κ2) is 13.3. The van der Waals surface area contributed by atoms with E-state index in [4.69, 9.17) is 10.3 Å². The van der Waals surface area contributed by atoms with Gasteiger partial charge in [-0.15, -0.1) is 0 Å². The fraction of sp³-hybridized carbons (Fsp3) is 0.895. The van der Waals surface area contributed by atoms with Crippen LogP contribution >= 0.6 is 7.60 Å². The summed E-state index contributed by atoms with van der Waals surface area (Å²) in [5.41, 5.74) is 5.50. The van der Waals surface area contributed by atoms with Gasteiger partial charge in [0.2, 0.25) is 0 Å². The van der Waals surface area contributed by atoms with Crippen LogP contribution in [0.4, 0.5) is 0 Å². The van der Waals surface area contributed by atoms with Crippen LogP contribution in [0.3, 0.4) is 0 Å². The Morgan fingerprint density at radius 3 is 2.50 bits per heavy atom. The van der Waals surface area contributed by atoms with E-state index in [1.807, 2.05) is 0 Å². The summed E-state index contributed by atoms with van der Waals surface area (Å²) in [6, 6.07) is -0.884. The number of nitrogens with zero attached hydrogens (tertiary/aromatic N) is 1. The van der Waals surface area contributed by atoms with Crippen molar-refractivity contribution in [1.82, 2.24) is 4.90 Å². The van der Waals surface area contributed by atoms with E-state index >= 15 is 0 Å². The molecule has 1 fully saturated rings. The number of nitrogens with two attached hydrogens (primary N) is 1. The number of rotatable bonds is 15. The number of unbranched alkanes of at least 4 members (excludes halogenated alkanes) is 6. The Labute approximate surface area is 168 Å². The van der Waals surface area contributed by atoms with E-state index in [-0.39, 0.29) is 12.6 Å². The van der Waals surface area contributed by atoms with E-state index in [2.05, 4.69) is 6.92 Å². The molecule has 8 nitrogen and oxygen atoms in total. The molecular formula is C19H37N2O6P. The first-order valence-electron chi connectivity index (χ1n) is 10.6. The first-order chi connectivity index (χ1) is 13.3. The van der Waals surface area contributed by atoms with Crippen LogP contribution in [0.1, 0.15) is 77.6 Å². The summed E-state index contributed by atoms with van der Waals surface area (Å²) in [4.78, 5) is 35.7. The van der Waals surface area contributed by atoms with Crippen LogP contribution in [0.5, 0.6) is 0 Å². The van der Waals surface area contributed by atoms with E-state index < -0.39 is 31.6 Å². The van der Waals surface area contributed by atoms with Crippen molar-refractivity contribution in [3.05, 3.63) is 0 Å². The fourth-order valence-electron chi connectivity index (χ4n) is 3.51. The van der Waals surface area contributed by atoms with Crippen LogP contribution in [0.15, 0.2) is 0 Å². The predicted octanol–water partition coefficient (Wildman–Crippen LogP) is 3.12. The van der Waals surface area contributed by atoms with Crippen molar-refractivity contribution in [2.75, 3.05) is 19.3 Å². The van der Waals surface area contributed by atoms with Gasteiger partial charge in [0, 0.05) is 6.54 Å². The summed E-state index contributed by atoms with van der Waals surface area (Å²) in [6.45, 7) is 2.92. The molecule has 0 aliphatic carbocycles. The Morgan fingerprint density at radius 1 is 1.18 bits per heavy atom. The quantitative estimate of drug-likeness (QED) is 0.274. The van der Waals surface area contributed by atoms with E-state index in [0.717, 1.165) is 32.1 Å². The summed E-state index contributed by atoms with van der Waals surface area (Å²) >= 11 is 0. The van der Waals surface area contributed by atoms with Crippen LogP contribution in [0, 0.1) is 0 Å². The molecule has 0 aromatic rings. The maximum absolute atomic E-state index is 12.9. The first-order valence-corrected chi connectivity index (χ1v) is 12.3. The zero-order valence-electron chi connectivity index (χ0n) is 17.1. The molecule has 1 unspecified atom stereocenters. The smallest absolute Gasteiger partial charge is 0.328 e. The number of hydrogen-bond donors (Lipinski definition) is 3. The van der Waals surface area contributed by atoms with Crippen LogP contribution in [0.2, 0.25) is 0 Å². The molecule has 1 saturated heterocycles. The molecule has 1 heterocycles. The lowest BCUT2D eigenvalue weighted by Crippen LogP contribution is -2.46. The molecule has 28 heavy (non-hydrogen) atoms. The molecule has 1 amide bonds. The molecule has 164 valence electrons. The van der Waals surface area contributed by atoms with E-state index in [0.29, 0.717) is 45.2 Å². The molecule has 0 aromatic carbocycles. The van der Waals surface area contributed by atoms with Crippen LogP contribution in [-0.4, -0.2) is 58.2 Å². The number of carboxylic acid groups (broad SMARTS) is 1. The van der Waals surface area contributed by atoms with Crippen molar-refractivity contribution >= 4 is 19.5 Å². The Hall–Kier alpha value is -0.950. The third-order valence-electron chi connectivity index (χ3n) is 5.10. The summed E-state index contributed by atoms with van der Waals surface area (Å²) in [7, 11) is -3.92. The van der Waals surface area contributed by atoms with Gasteiger partial charge in [-0.25, -0.2) is 4.79 Å². The van der Waals surface area contributed by atoms with Crippen LogP contribution in [0.25, 0.3) is 0 Å². The average Bonchev–Trinajstić information content (AvgIpc) is 3.13. The number of aliphatic carboxylic acids is 1. The highest BCUT2D eigenvalue weighted by Gasteiger charge is 2.39. The summed E-state index contributed by atoms with van der Waals surface area (Å²) in [5, 5.41) is 9.31. The van der Waals surface area contributed by atoms with Crippen molar-refractivity contribution in [3.63, 3.8) is 0 Å². The summed E-state index contributed by atoms with van der Waals surface area (Å²) in [6.07, 6.45) is 7.28. The molecule has 3 atom stereocenters. The topological polar surface area (TPSA) is 130 Å². The third kappa shape index (κ3) is 9.03. The van der Waals surface area contributed by atoms with Gasteiger partial charge >= 0.3 is 13.6 Å². The van der Waals surface area contributed by atoms with Crippen molar-refractivity contribution in [2.45, 2.75) is 89.7 Å². The monoisotopic (exact) mass is 420 g/mol. The number of amides is 1. The SMILES string of the molecule is CCCCCCCCP(=O)(O)O[C@@H](CCCCN)C(=O)N1CCC[C@H]1C(=O)O. The normalized spacial score (nSPS) is 20.1. The van der Waals surface area contributed by atoms with Crippen molar-refractivity contribution in [2.24, 2.45) is 5.73 Å². The minimum atomic E-state index is -3.92. The second-order valence-electron chi connectivity index (χ2n) is 7.54. The molecule has 1 rings (SSSR count). The lowest BCUT2D eigenvalue weighted by Gasteiger charge is -2.28. The maximum Gasteiger partial charge on any atom is 0.328 e. The lowest BCUT2D eigenvalue weighted by molar-refractivity contribution is -0.151. The summed E-state index contributed by atoms with van der Waals surface area (Å²) in [5.74, 6) is -1.55. The number of hydrogen-bond acceptors (Lipinski definition) is 5. The Bertz CT molecular complexity index is 531. The predicted molar refractivity (Wildman–Crippen MR) is 108 cm³/mol. The van der Waals surface area contributed by atoms with Gasteiger partial charge in [-0.3, -0.25) is 13.9 Å². The Morgan fingerprint density at radius 2 is 1.86 bits per heavy atom. The van der Waals surface area contributed by atoms with Crippen molar-refractivity contribution < 1.29 is 28.7 Å². The van der Waals surface area contributed by atoms with Gasteiger partial charge in [-0.2, -0.15) is 0 Å². The van der Waals surface area contributed by atoms with Crippen LogP contribution < -0.4 is 5.73 Å². The third-order valence-corrected chi connectivity index (χ3v) is 6.57. The van der Waals surface area contributed by atoms with Gasteiger partial charge in [0.05, 0.1) is 6.16 Å². The molecule has 4 N–H and O–H groups in total. The van der Waals surface area contributed by atoms with E-state index in [1.54, 1.807) is 0 Å². The van der Waals surface area contributed by atoms with Gasteiger partial charge in [0.1, 0.15) is 12.1 Å². The summed E-state index contributed by atoms with van der Waals surface area (Å²) < 4.78 is 17.9. The van der Waals surface area contributed by atoms with Gasteiger partial charge in [-0.05, 0) is 45.1 Å². The molecule has 0 aromatic heterocycles. The van der Waals surface area contributed by atoms with Gasteiger partial charge in [-0.1, -0.05) is 39.0 Å². The number of carboxylic acids is 1. The zero-order chi connectivity index (χ0) is 21.0. The molecule has 0 radical (unpaired) electrons. The van der Waals surface area contributed by atoms with Gasteiger partial charge in [0.25, 0.3) is 5.91 Å². The minimum absolute atomic E-state index is 0.0160. The largest absolute Gasteiger partial charge is 0.480 e. The molecule has 1 aliphatic rings. The Balaban J connectivity index is 2.65. The molecule has 9 heteroatoms. The highest BCUT2D eigenvalue weighted by Crippen LogP contribution is 2.45. The number of carbonyl (C=O) groups is 2. The molecule has 0 bridgehead atoms. The molecule has 1 aliphatic heterocycles. The maximum atomic E-state index is 12.9. The average molecular weight is 420 g/mol. The van der Waals surface area contributed by atoms with E-state index in [1.165, 1.54) is 4.90 Å². The highest BCUT2D eigenvalue weighted by atomic mass is 31.2. The minimum Gasteiger partial charge on any atom is -0.480 e. The molecule has 0 saturated carbocycles. The van der Waals surface area contributed by atoms with Gasteiger partial charge < -0.3 is 20.6 Å². The molecular weight excluding hydrogens is 383 g/mol. The van der Waals surface area contributed by atoms with Gasteiger partial charge in [0.15, 0.2) is 0 Å². The van der Waals surface area contributed by atoms with Crippen molar-refractivity contribution in [3.8, 4) is 0 Å². The fourth-order valence-corrected chi connectivity index (χ4v) is 4.83. The zero-order valence-corrected chi connectivity index (χ0v) is 17.9. The first kappa shape index (κ1) is 25.1. The standard InChI is InChI=1S/C19H37N2O6P/c1-2-3-4-5-6-9-15-28(25,26)27-17(12-7-8-13-20)18(22)21-14-10-11-16(21)19(23)24/h16-17H,2-15,20H2,1H3,(H,23,24)(H,25,26)/t16-,17-/m0/s1. The highest BCUT2D eigenvalue weighted by molar-refractivity contribution is 7.52.